The van der Waals surface area contributed by atoms with Crippen LogP contribution < -0.4 is 5.43 Å². The Balaban J connectivity index is 2.11. The van der Waals surface area contributed by atoms with Gasteiger partial charge in [0.15, 0.2) is 0 Å². The van der Waals surface area contributed by atoms with E-state index in [1.807, 2.05) is 0 Å². The number of esters is 1. The predicted molar refractivity (Wildman–Crippen MR) is 70.2 cm³/mol. The third-order valence-electron chi connectivity index (χ3n) is 2.55. The molecule has 0 aliphatic rings. The Hall–Kier alpha value is -2.01. The van der Waals surface area contributed by atoms with Crippen molar-refractivity contribution in [3.05, 3.63) is 58.6 Å². The second-order valence-electron chi connectivity index (χ2n) is 3.87. The Kier molecular flexibility index (Phi) is 4.06. The van der Waals surface area contributed by atoms with Gasteiger partial charge in [0.1, 0.15) is 11.5 Å². The van der Waals surface area contributed by atoms with Crippen molar-refractivity contribution in [2.75, 3.05) is 12.5 Å². The number of nitrogens with zero attached hydrogens (tertiary/aromatic N) is 1. The van der Waals surface area contributed by atoms with E-state index in [1.165, 1.54) is 30.0 Å². The second-order valence-corrected chi connectivity index (χ2v) is 4.30. The van der Waals surface area contributed by atoms with Gasteiger partial charge in [-0.25, -0.2) is 9.18 Å². The van der Waals surface area contributed by atoms with Crippen LogP contribution in [-0.4, -0.2) is 17.8 Å². The molecule has 0 saturated heterocycles. The summed E-state index contributed by atoms with van der Waals surface area (Å²) >= 11 is 5.85. The summed E-state index contributed by atoms with van der Waals surface area (Å²) in [7, 11) is 1.30. The molecule has 1 heterocycles. The Morgan fingerprint density at radius 1 is 1.42 bits per heavy atom. The zero-order valence-corrected chi connectivity index (χ0v) is 10.9. The molecular formula is C13H12ClFN2O2. The first kappa shape index (κ1) is 13.4. The largest absolute Gasteiger partial charge is 0.464 e. The number of benzene rings is 1. The van der Waals surface area contributed by atoms with E-state index < -0.39 is 5.97 Å². The molecule has 0 aliphatic heterocycles. The minimum atomic E-state index is -0.487. The maximum Gasteiger partial charge on any atom is 0.356 e. The molecule has 0 bridgehead atoms. The van der Waals surface area contributed by atoms with Crippen LogP contribution >= 0.6 is 11.6 Å². The molecule has 0 fully saturated rings. The lowest BCUT2D eigenvalue weighted by Crippen LogP contribution is -2.19. The summed E-state index contributed by atoms with van der Waals surface area (Å²) in [6.07, 6.45) is 1.57. The van der Waals surface area contributed by atoms with Crippen LogP contribution in [0.5, 0.6) is 0 Å². The highest BCUT2D eigenvalue weighted by molar-refractivity contribution is 6.31. The van der Waals surface area contributed by atoms with Gasteiger partial charge < -0.3 is 10.2 Å². The lowest BCUT2D eigenvalue weighted by atomic mass is 10.2. The van der Waals surface area contributed by atoms with Gasteiger partial charge in [0.25, 0.3) is 0 Å². The van der Waals surface area contributed by atoms with E-state index in [1.54, 1.807) is 18.3 Å². The third kappa shape index (κ3) is 3.26. The maximum absolute atomic E-state index is 12.8. The average Bonchev–Trinajstić information content (AvgIpc) is 2.78. The third-order valence-corrected chi connectivity index (χ3v) is 2.75. The van der Waals surface area contributed by atoms with Crippen LogP contribution in [0.3, 0.4) is 0 Å². The Morgan fingerprint density at radius 3 is 2.74 bits per heavy atom. The van der Waals surface area contributed by atoms with Crippen molar-refractivity contribution in [1.82, 2.24) is 4.68 Å². The van der Waals surface area contributed by atoms with Gasteiger partial charge in [0, 0.05) is 6.20 Å². The molecule has 19 heavy (non-hydrogen) atoms. The fourth-order valence-electron chi connectivity index (χ4n) is 1.60. The second kappa shape index (κ2) is 5.75. The van der Waals surface area contributed by atoms with Gasteiger partial charge in [-0.1, -0.05) is 23.7 Å². The number of carbonyl (C=O) groups is 1. The fraction of sp³-hybridized carbons (Fsp3) is 0.154. The van der Waals surface area contributed by atoms with Crippen LogP contribution in [0.15, 0.2) is 36.5 Å². The summed E-state index contributed by atoms with van der Waals surface area (Å²) in [4.78, 5) is 11.5. The van der Waals surface area contributed by atoms with Crippen molar-refractivity contribution >= 4 is 17.6 Å². The molecule has 0 unspecified atom stereocenters. The first-order chi connectivity index (χ1) is 9.10. The average molecular weight is 283 g/mol. The van der Waals surface area contributed by atoms with Crippen LogP contribution in [0.25, 0.3) is 0 Å². The van der Waals surface area contributed by atoms with Crippen molar-refractivity contribution in [3.63, 3.8) is 0 Å². The quantitative estimate of drug-likeness (QED) is 0.877. The monoisotopic (exact) mass is 282 g/mol. The molecule has 100 valence electrons. The number of rotatable bonds is 4. The van der Waals surface area contributed by atoms with Crippen LogP contribution in [0, 0.1) is 5.82 Å². The van der Waals surface area contributed by atoms with Gasteiger partial charge in [-0.2, -0.15) is 0 Å². The smallest absolute Gasteiger partial charge is 0.356 e. The number of aromatic nitrogens is 1. The molecule has 0 spiro atoms. The van der Waals surface area contributed by atoms with Crippen molar-refractivity contribution in [3.8, 4) is 0 Å². The number of ether oxygens (including phenoxy) is 1. The van der Waals surface area contributed by atoms with Crippen molar-refractivity contribution in [2.24, 2.45) is 0 Å². The molecular weight excluding hydrogens is 271 g/mol. The lowest BCUT2D eigenvalue weighted by molar-refractivity contribution is 0.0590. The van der Waals surface area contributed by atoms with E-state index in [-0.39, 0.29) is 5.82 Å². The van der Waals surface area contributed by atoms with Crippen LogP contribution in [0.2, 0.25) is 5.02 Å². The van der Waals surface area contributed by atoms with Crippen LogP contribution in [-0.2, 0) is 11.3 Å². The fourth-order valence-corrected chi connectivity index (χ4v) is 1.80. The molecule has 0 aliphatic carbocycles. The van der Waals surface area contributed by atoms with Gasteiger partial charge in [-0.3, -0.25) is 4.68 Å². The standard InChI is InChI=1S/C13H12ClFN2O2/c1-19-13(18)12-6-10(14)8-17(12)16-7-9-2-4-11(15)5-3-9/h2-6,8,16H,7H2,1H3. The Morgan fingerprint density at radius 2 is 2.11 bits per heavy atom. The molecule has 2 rings (SSSR count). The van der Waals surface area contributed by atoms with E-state index in [0.29, 0.717) is 17.3 Å². The highest BCUT2D eigenvalue weighted by Gasteiger charge is 2.13. The number of nitrogens with one attached hydrogen (secondary N) is 1. The van der Waals surface area contributed by atoms with Crippen LogP contribution in [0.4, 0.5) is 4.39 Å². The van der Waals surface area contributed by atoms with E-state index in [0.717, 1.165) is 5.56 Å². The van der Waals surface area contributed by atoms with Gasteiger partial charge in [0.05, 0.1) is 18.7 Å². The summed E-state index contributed by atoms with van der Waals surface area (Å²) in [5, 5.41) is 0.423. The molecule has 6 heteroatoms. The molecule has 0 saturated carbocycles. The SMILES string of the molecule is COC(=O)c1cc(Cl)cn1NCc1ccc(F)cc1. The molecule has 0 amide bonds. The molecule has 1 aromatic heterocycles. The Labute approximate surface area is 114 Å². The minimum Gasteiger partial charge on any atom is -0.464 e. The lowest BCUT2D eigenvalue weighted by Gasteiger charge is -2.10. The van der Waals surface area contributed by atoms with E-state index >= 15 is 0 Å². The predicted octanol–water partition coefficient (Wildman–Crippen LogP) is 2.81. The maximum atomic E-state index is 12.8. The highest BCUT2D eigenvalue weighted by Crippen LogP contribution is 2.14. The summed E-state index contributed by atoms with van der Waals surface area (Å²) < 4.78 is 18.9. The molecule has 2 aromatic rings. The normalized spacial score (nSPS) is 10.3. The zero-order chi connectivity index (χ0) is 13.8. The summed E-state index contributed by atoms with van der Waals surface area (Å²) in [6, 6.07) is 7.57. The van der Waals surface area contributed by atoms with E-state index in [4.69, 9.17) is 11.6 Å². The molecule has 0 radical (unpaired) electrons. The number of methoxy groups -OCH3 is 1. The topological polar surface area (TPSA) is 43.3 Å². The molecule has 0 atom stereocenters. The van der Waals surface area contributed by atoms with Crippen molar-refractivity contribution in [2.45, 2.75) is 6.54 Å². The van der Waals surface area contributed by atoms with Crippen molar-refractivity contribution < 1.29 is 13.9 Å². The molecule has 1 aromatic carbocycles. The molecule has 1 N–H and O–H groups in total. The van der Waals surface area contributed by atoms with Gasteiger partial charge in [0.2, 0.25) is 0 Å². The van der Waals surface area contributed by atoms with E-state index in [2.05, 4.69) is 10.2 Å². The summed E-state index contributed by atoms with van der Waals surface area (Å²) in [6.45, 7) is 0.426. The minimum absolute atomic E-state index is 0.289. The zero-order valence-electron chi connectivity index (χ0n) is 10.2. The van der Waals surface area contributed by atoms with E-state index in [9.17, 15) is 9.18 Å². The number of hydrogen-bond donors (Lipinski definition) is 1. The van der Waals surface area contributed by atoms with Gasteiger partial charge in [-0.15, -0.1) is 0 Å². The Bertz CT molecular complexity index is 581. The summed E-state index contributed by atoms with van der Waals surface area (Å²) in [5.74, 6) is -0.776. The summed E-state index contributed by atoms with van der Waals surface area (Å²) in [5.41, 5.74) is 4.17. The van der Waals surface area contributed by atoms with Gasteiger partial charge in [-0.05, 0) is 23.8 Å². The van der Waals surface area contributed by atoms with Crippen LogP contribution in [0.1, 0.15) is 16.1 Å². The van der Waals surface area contributed by atoms with Crippen molar-refractivity contribution in [1.29, 1.82) is 0 Å². The first-order valence-electron chi connectivity index (χ1n) is 5.54. The first-order valence-corrected chi connectivity index (χ1v) is 5.92. The number of hydrogen-bond acceptors (Lipinski definition) is 3. The molecule has 4 nitrogen and oxygen atoms in total. The number of carbonyl (C=O) groups excluding carboxylic acids is 1. The van der Waals surface area contributed by atoms with Gasteiger partial charge >= 0.3 is 5.97 Å². The number of halogens is 2. The highest BCUT2D eigenvalue weighted by atomic mass is 35.5.